The monoisotopic (exact) mass is 306 g/mol. The molecule has 21 heavy (non-hydrogen) atoms. The number of nitrogens with one attached hydrogen (secondary N) is 1. The first kappa shape index (κ1) is 15.6. The smallest absolute Gasteiger partial charge is 0.148 e. The van der Waals surface area contributed by atoms with E-state index in [-0.39, 0.29) is 11.9 Å². The van der Waals surface area contributed by atoms with Crippen molar-refractivity contribution in [3.05, 3.63) is 58.9 Å². The summed E-state index contributed by atoms with van der Waals surface area (Å²) in [5.74, 6) is -0.215. The lowest BCUT2D eigenvalue weighted by atomic mass is 10.2. The molecular formula is C17H20ClFN2. The highest BCUT2D eigenvalue weighted by Gasteiger charge is 2.10. The third-order valence-electron chi connectivity index (χ3n) is 3.51. The molecule has 0 amide bonds. The van der Waals surface area contributed by atoms with E-state index >= 15 is 0 Å². The van der Waals surface area contributed by atoms with Crippen molar-refractivity contribution < 1.29 is 4.39 Å². The van der Waals surface area contributed by atoms with Gasteiger partial charge in [0.1, 0.15) is 5.82 Å². The van der Waals surface area contributed by atoms with Gasteiger partial charge in [0.25, 0.3) is 0 Å². The molecule has 2 nitrogen and oxygen atoms in total. The lowest BCUT2D eigenvalue weighted by molar-refractivity contribution is 0.614. The van der Waals surface area contributed by atoms with E-state index < -0.39 is 0 Å². The van der Waals surface area contributed by atoms with Crippen LogP contribution in [-0.4, -0.2) is 13.1 Å². The highest BCUT2D eigenvalue weighted by molar-refractivity contribution is 6.30. The third kappa shape index (κ3) is 4.11. The summed E-state index contributed by atoms with van der Waals surface area (Å²) in [6.45, 7) is 4.70. The topological polar surface area (TPSA) is 15.3 Å². The van der Waals surface area contributed by atoms with Crippen LogP contribution in [-0.2, 0) is 6.54 Å². The van der Waals surface area contributed by atoms with Crippen LogP contribution in [0.4, 0.5) is 15.8 Å². The Morgan fingerprint density at radius 1 is 1.14 bits per heavy atom. The van der Waals surface area contributed by atoms with E-state index in [2.05, 4.69) is 5.32 Å². The van der Waals surface area contributed by atoms with Crippen LogP contribution < -0.4 is 10.2 Å². The predicted molar refractivity (Wildman–Crippen MR) is 88.7 cm³/mol. The average Bonchev–Trinajstić information content (AvgIpc) is 2.46. The van der Waals surface area contributed by atoms with Crippen molar-refractivity contribution in [2.45, 2.75) is 26.4 Å². The second-order valence-electron chi connectivity index (χ2n) is 5.35. The minimum absolute atomic E-state index is 0.215. The molecule has 0 unspecified atom stereocenters. The molecule has 0 fully saturated rings. The van der Waals surface area contributed by atoms with E-state index in [1.165, 1.54) is 6.07 Å². The second-order valence-corrected chi connectivity index (χ2v) is 5.79. The highest BCUT2D eigenvalue weighted by atomic mass is 35.5. The Hall–Kier alpha value is -1.74. The van der Waals surface area contributed by atoms with Crippen LogP contribution in [0.1, 0.15) is 19.4 Å². The standard InChI is InChI=1S/C17H20ClFN2/c1-12(2)21(3)17-9-8-15(10-16(17)19)20-11-13-4-6-14(18)7-5-13/h4-10,12,20H,11H2,1-3H3. The van der Waals surface area contributed by atoms with Gasteiger partial charge < -0.3 is 10.2 Å². The van der Waals surface area contributed by atoms with Gasteiger partial charge in [-0.15, -0.1) is 0 Å². The Bertz CT molecular complexity index is 596. The van der Waals surface area contributed by atoms with Gasteiger partial charge in [0, 0.05) is 30.3 Å². The maximum atomic E-state index is 14.1. The van der Waals surface area contributed by atoms with E-state index in [9.17, 15) is 4.39 Å². The fourth-order valence-corrected chi connectivity index (χ4v) is 2.11. The Morgan fingerprint density at radius 3 is 2.38 bits per heavy atom. The summed E-state index contributed by atoms with van der Waals surface area (Å²) < 4.78 is 14.1. The molecular weight excluding hydrogens is 287 g/mol. The summed E-state index contributed by atoms with van der Waals surface area (Å²) in [5.41, 5.74) is 2.48. The fraction of sp³-hybridized carbons (Fsp3) is 0.294. The van der Waals surface area contributed by atoms with Gasteiger partial charge in [-0.1, -0.05) is 23.7 Å². The van der Waals surface area contributed by atoms with Gasteiger partial charge in [-0.2, -0.15) is 0 Å². The number of rotatable bonds is 5. The largest absolute Gasteiger partial charge is 0.381 e. The quantitative estimate of drug-likeness (QED) is 0.842. The normalized spacial score (nSPS) is 10.8. The molecule has 0 aromatic heterocycles. The first-order valence-electron chi connectivity index (χ1n) is 6.98. The number of benzene rings is 2. The summed E-state index contributed by atoms with van der Waals surface area (Å²) in [5, 5.41) is 3.93. The SMILES string of the molecule is CC(C)N(C)c1ccc(NCc2ccc(Cl)cc2)cc1F. The maximum absolute atomic E-state index is 14.1. The lowest BCUT2D eigenvalue weighted by Crippen LogP contribution is -2.26. The van der Waals surface area contributed by atoms with Gasteiger partial charge in [-0.05, 0) is 49.7 Å². The summed E-state index contributed by atoms with van der Waals surface area (Å²) in [4.78, 5) is 1.91. The molecule has 0 aliphatic heterocycles. The van der Waals surface area contributed by atoms with Crippen molar-refractivity contribution in [3.63, 3.8) is 0 Å². The Kier molecular flexibility index (Phi) is 5.07. The molecule has 0 bridgehead atoms. The number of nitrogens with zero attached hydrogens (tertiary/aromatic N) is 1. The van der Waals surface area contributed by atoms with Gasteiger partial charge in [-0.25, -0.2) is 4.39 Å². The number of anilines is 2. The van der Waals surface area contributed by atoms with Gasteiger partial charge in [0.15, 0.2) is 0 Å². The summed E-state index contributed by atoms with van der Waals surface area (Å²) in [6, 6.07) is 13.1. The zero-order valence-corrected chi connectivity index (χ0v) is 13.3. The number of hydrogen-bond donors (Lipinski definition) is 1. The highest BCUT2D eigenvalue weighted by Crippen LogP contribution is 2.23. The first-order valence-corrected chi connectivity index (χ1v) is 7.36. The molecule has 0 heterocycles. The van der Waals surface area contributed by atoms with Crippen molar-refractivity contribution in [2.24, 2.45) is 0 Å². The summed E-state index contributed by atoms with van der Waals surface area (Å²) >= 11 is 5.85. The van der Waals surface area contributed by atoms with Crippen molar-refractivity contribution in [3.8, 4) is 0 Å². The van der Waals surface area contributed by atoms with Crippen LogP contribution in [0.3, 0.4) is 0 Å². The van der Waals surface area contributed by atoms with Crippen LogP contribution in [0.2, 0.25) is 5.02 Å². The molecule has 0 spiro atoms. The molecule has 0 atom stereocenters. The van der Waals surface area contributed by atoms with Crippen molar-refractivity contribution in [1.29, 1.82) is 0 Å². The molecule has 1 N–H and O–H groups in total. The molecule has 112 valence electrons. The Morgan fingerprint density at radius 2 is 1.81 bits per heavy atom. The number of hydrogen-bond acceptors (Lipinski definition) is 2. The van der Waals surface area contributed by atoms with E-state index in [0.29, 0.717) is 17.3 Å². The molecule has 0 saturated carbocycles. The molecule has 2 aromatic carbocycles. The van der Waals surface area contributed by atoms with Crippen LogP contribution in [0.15, 0.2) is 42.5 Å². The van der Waals surface area contributed by atoms with Gasteiger partial charge >= 0.3 is 0 Å². The molecule has 2 rings (SSSR count). The van der Waals surface area contributed by atoms with Gasteiger partial charge in [0.05, 0.1) is 5.69 Å². The Balaban J connectivity index is 2.05. The number of halogens is 2. The molecule has 0 radical (unpaired) electrons. The second kappa shape index (κ2) is 6.81. The molecule has 0 aliphatic carbocycles. The van der Waals surface area contributed by atoms with Crippen LogP contribution >= 0.6 is 11.6 Å². The fourth-order valence-electron chi connectivity index (χ4n) is 1.99. The van der Waals surface area contributed by atoms with Crippen molar-refractivity contribution in [1.82, 2.24) is 0 Å². The first-order chi connectivity index (χ1) is 9.97. The van der Waals surface area contributed by atoms with E-state index in [4.69, 9.17) is 11.6 Å². The van der Waals surface area contributed by atoms with Crippen molar-refractivity contribution >= 4 is 23.0 Å². The van der Waals surface area contributed by atoms with E-state index in [1.807, 2.05) is 56.1 Å². The van der Waals surface area contributed by atoms with Gasteiger partial charge in [0.2, 0.25) is 0 Å². The lowest BCUT2D eigenvalue weighted by Gasteiger charge is -2.24. The van der Waals surface area contributed by atoms with E-state index in [0.717, 1.165) is 11.3 Å². The molecule has 4 heteroatoms. The molecule has 0 saturated heterocycles. The van der Waals surface area contributed by atoms with Crippen LogP contribution in [0, 0.1) is 5.82 Å². The molecule has 2 aromatic rings. The van der Waals surface area contributed by atoms with E-state index in [1.54, 1.807) is 6.07 Å². The zero-order chi connectivity index (χ0) is 15.4. The zero-order valence-electron chi connectivity index (χ0n) is 12.5. The van der Waals surface area contributed by atoms with Crippen molar-refractivity contribution in [2.75, 3.05) is 17.3 Å². The minimum Gasteiger partial charge on any atom is -0.381 e. The molecule has 0 aliphatic rings. The predicted octanol–water partition coefficient (Wildman–Crippen LogP) is 4.94. The maximum Gasteiger partial charge on any atom is 0.148 e. The minimum atomic E-state index is -0.215. The summed E-state index contributed by atoms with van der Waals surface area (Å²) in [6.07, 6.45) is 0. The average molecular weight is 307 g/mol. The summed E-state index contributed by atoms with van der Waals surface area (Å²) in [7, 11) is 1.89. The van der Waals surface area contributed by atoms with Crippen LogP contribution in [0.25, 0.3) is 0 Å². The van der Waals surface area contributed by atoms with Crippen LogP contribution in [0.5, 0.6) is 0 Å². The van der Waals surface area contributed by atoms with Gasteiger partial charge in [-0.3, -0.25) is 0 Å². The third-order valence-corrected chi connectivity index (χ3v) is 3.76. The Labute approximate surface area is 130 Å².